The van der Waals surface area contributed by atoms with E-state index >= 15 is 0 Å². The fourth-order valence-corrected chi connectivity index (χ4v) is 6.14. The number of hydrogen-bond donors (Lipinski definition) is 2. The van der Waals surface area contributed by atoms with Gasteiger partial charge in [-0.15, -0.1) is 0 Å². The molecule has 4 aromatic rings. The predicted octanol–water partition coefficient (Wildman–Crippen LogP) is 10.6. The van der Waals surface area contributed by atoms with Crippen molar-refractivity contribution in [1.82, 2.24) is 9.97 Å². The van der Waals surface area contributed by atoms with Gasteiger partial charge in [-0.1, -0.05) is 46.4 Å². The molecule has 0 saturated heterocycles. The summed E-state index contributed by atoms with van der Waals surface area (Å²) in [6, 6.07) is 9.15. The fraction of sp³-hybridized carbons (Fsp3) is 0.351. The summed E-state index contributed by atoms with van der Waals surface area (Å²) < 4.78 is 46.9. The molecule has 2 aromatic carbocycles. The summed E-state index contributed by atoms with van der Waals surface area (Å²) in [5.74, 6) is 0.637. The number of ether oxygens (including phenoxy) is 4. The van der Waals surface area contributed by atoms with E-state index in [1.165, 1.54) is 30.6 Å². The normalized spacial score (nSPS) is 13.9. The monoisotopic (exact) mass is 810 g/mol. The molecule has 0 atom stereocenters. The Labute approximate surface area is 325 Å². The van der Waals surface area contributed by atoms with E-state index in [0.29, 0.717) is 51.7 Å². The number of benzene rings is 2. The molecule has 2 aliphatic carbocycles. The van der Waals surface area contributed by atoms with Crippen LogP contribution < -0.4 is 29.6 Å². The molecule has 0 unspecified atom stereocenters. The highest BCUT2D eigenvalue weighted by Gasteiger charge is 2.24. The van der Waals surface area contributed by atoms with Gasteiger partial charge in [-0.05, 0) is 94.7 Å². The van der Waals surface area contributed by atoms with Gasteiger partial charge in [-0.2, -0.15) is 8.78 Å². The highest BCUT2D eigenvalue weighted by atomic mass is 35.5. The first-order valence-electron chi connectivity index (χ1n) is 16.6. The lowest BCUT2D eigenvalue weighted by atomic mass is 10.1. The smallest absolute Gasteiger partial charge is 0.387 e. The highest BCUT2D eigenvalue weighted by Crippen LogP contribution is 2.37. The Bertz CT molecular complexity index is 1960. The molecule has 16 heteroatoms. The molecular formula is C37H36Cl4F2N4O6. The first-order valence-corrected chi connectivity index (χ1v) is 18.2. The number of methoxy groups -OCH3 is 1. The number of aromatic nitrogens is 2. The molecular weight excluding hydrogens is 776 g/mol. The summed E-state index contributed by atoms with van der Waals surface area (Å²) in [6.45, 7) is 0.787. The number of anilines is 2. The second kappa shape index (κ2) is 18.3. The largest absolute Gasteiger partial charge is 0.493 e. The number of hydrogen-bond acceptors (Lipinski definition) is 8. The maximum atomic E-state index is 12.7. The van der Waals surface area contributed by atoms with Crippen LogP contribution in [0.1, 0.15) is 70.6 Å². The molecule has 2 N–H and O–H groups in total. The quantitative estimate of drug-likeness (QED) is 0.145. The molecule has 282 valence electrons. The lowest BCUT2D eigenvalue weighted by Crippen LogP contribution is -2.15. The second-order valence-corrected chi connectivity index (χ2v) is 13.9. The van der Waals surface area contributed by atoms with Gasteiger partial charge in [0, 0.05) is 23.5 Å². The number of nitrogens with one attached hydrogen (secondary N) is 2. The van der Waals surface area contributed by atoms with Crippen molar-refractivity contribution >= 4 is 69.6 Å². The Kier molecular flexibility index (Phi) is 13.8. The summed E-state index contributed by atoms with van der Waals surface area (Å²) in [7, 11) is 1.58. The molecule has 6 rings (SSSR count). The van der Waals surface area contributed by atoms with Crippen molar-refractivity contribution in [3.63, 3.8) is 0 Å². The zero-order chi connectivity index (χ0) is 38.2. The van der Waals surface area contributed by atoms with Crippen LogP contribution in [0.25, 0.3) is 0 Å². The van der Waals surface area contributed by atoms with Crippen LogP contribution in [0.4, 0.5) is 20.2 Å². The standard InChI is InChI=1S/C19H20Cl2N2O3.C18H16Cl2F2N2O3/c1-11-17(21)18(14(20)10-22-11)23-19(24)12-7-8-15(25-2)16(9-12)26-13-5-3-4-6-13;1-9-15(20)16(12(19)7-23-9)24-17(25)11-4-5-13(26-8-10-2-3-10)14(6-11)27-18(21)22/h7-10,13H,3-6H2,1-2H3,(H,22,23,24);4-7,10,18H,2-3,8H2,1H3,(H,23,24,25). The van der Waals surface area contributed by atoms with Crippen molar-refractivity contribution in [2.24, 2.45) is 5.92 Å². The third-order valence-corrected chi connectivity index (χ3v) is 9.89. The van der Waals surface area contributed by atoms with Gasteiger partial charge < -0.3 is 29.6 Å². The molecule has 2 aliphatic rings. The van der Waals surface area contributed by atoms with Crippen LogP contribution in [0.5, 0.6) is 23.0 Å². The van der Waals surface area contributed by atoms with Crippen LogP contribution in [-0.4, -0.2) is 48.2 Å². The van der Waals surface area contributed by atoms with Gasteiger partial charge in [-0.25, -0.2) is 0 Å². The van der Waals surface area contributed by atoms with Crippen LogP contribution in [0, 0.1) is 19.8 Å². The van der Waals surface area contributed by atoms with Crippen LogP contribution in [0.2, 0.25) is 20.1 Å². The number of carbonyl (C=O) groups excluding carboxylic acids is 2. The zero-order valence-electron chi connectivity index (χ0n) is 28.9. The molecule has 2 aromatic heterocycles. The summed E-state index contributed by atoms with van der Waals surface area (Å²) in [4.78, 5) is 33.2. The minimum Gasteiger partial charge on any atom is -0.493 e. The van der Waals surface area contributed by atoms with Gasteiger partial charge in [0.25, 0.3) is 11.8 Å². The van der Waals surface area contributed by atoms with E-state index in [1.807, 2.05) is 0 Å². The van der Waals surface area contributed by atoms with Crippen molar-refractivity contribution in [3.8, 4) is 23.0 Å². The Morgan fingerprint density at radius 2 is 1.28 bits per heavy atom. The first kappa shape index (κ1) is 40.1. The maximum Gasteiger partial charge on any atom is 0.387 e. The van der Waals surface area contributed by atoms with Gasteiger partial charge in [0.1, 0.15) is 0 Å². The van der Waals surface area contributed by atoms with Gasteiger partial charge in [0.05, 0.1) is 62.7 Å². The fourth-order valence-electron chi connectivity index (χ4n) is 5.27. The third kappa shape index (κ3) is 10.7. The molecule has 0 bridgehead atoms. The van der Waals surface area contributed by atoms with Crippen molar-refractivity contribution in [3.05, 3.63) is 91.4 Å². The van der Waals surface area contributed by atoms with E-state index in [-0.39, 0.29) is 49.8 Å². The molecule has 2 fully saturated rings. The van der Waals surface area contributed by atoms with E-state index in [0.717, 1.165) is 38.5 Å². The molecule has 0 aliphatic heterocycles. The molecule has 0 radical (unpaired) electrons. The Morgan fingerprint density at radius 1 is 0.774 bits per heavy atom. The number of amides is 2. The van der Waals surface area contributed by atoms with Gasteiger partial charge in [-0.3, -0.25) is 19.6 Å². The molecule has 2 amide bonds. The number of alkyl halides is 2. The van der Waals surface area contributed by atoms with Crippen molar-refractivity contribution in [2.45, 2.75) is 65.1 Å². The van der Waals surface area contributed by atoms with Crippen molar-refractivity contribution in [1.29, 1.82) is 0 Å². The SMILES string of the molecule is COc1ccc(C(=O)Nc2c(Cl)cnc(C)c2Cl)cc1OC1CCCC1.Cc1ncc(Cl)c(NC(=O)c2ccc(OCC3CC3)c(OC(F)F)c2)c1Cl. The highest BCUT2D eigenvalue weighted by molar-refractivity contribution is 6.41. The van der Waals surface area contributed by atoms with Gasteiger partial charge >= 0.3 is 6.61 Å². The van der Waals surface area contributed by atoms with Crippen LogP contribution >= 0.6 is 46.4 Å². The molecule has 53 heavy (non-hydrogen) atoms. The average Bonchev–Trinajstić information content (AvgIpc) is 3.83. The number of carbonyl (C=O) groups is 2. The van der Waals surface area contributed by atoms with E-state index in [1.54, 1.807) is 39.2 Å². The number of pyridine rings is 2. The Hall–Kier alpha value is -4.10. The Balaban J connectivity index is 0.000000204. The van der Waals surface area contributed by atoms with Crippen molar-refractivity contribution < 1.29 is 37.3 Å². The topological polar surface area (TPSA) is 121 Å². The second-order valence-electron chi connectivity index (χ2n) is 12.4. The molecule has 2 saturated carbocycles. The Morgan fingerprint density at radius 3 is 1.77 bits per heavy atom. The van der Waals surface area contributed by atoms with E-state index in [2.05, 4.69) is 25.3 Å². The minimum absolute atomic E-state index is 0.0889. The predicted molar refractivity (Wildman–Crippen MR) is 201 cm³/mol. The lowest BCUT2D eigenvalue weighted by molar-refractivity contribution is -0.0515. The third-order valence-electron chi connectivity index (χ3n) is 8.39. The number of aryl methyl sites for hydroxylation is 2. The minimum atomic E-state index is -3.04. The van der Waals surface area contributed by atoms with Crippen LogP contribution in [-0.2, 0) is 0 Å². The van der Waals surface area contributed by atoms with Gasteiger partial charge in [0.2, 0.25) is 0 Å². The number of nitrogens with zero attached hydrogens (tertiary/aromatic N) is 2. The number of rotatable bonds is 12. The van der Waals surface area contributed by atoms with E-state index < -0.39 is 12.5 Å². The zero-order valence-corrected chi connectivity index (χ0v) is 31.9. The summed E-state index contributed by atoms with van der Waals surface area (Å²) in [5, 5.41) is 6.29. The maximum absolute atomic E-state index is 12.7. The molecule has 10 nitrogen and oxygen atoms in total. The van der Waals surface area contributed by atoms with Crippen LogP contribution in [0.15, 0.2) is 48.8 Å². The van der Waals surface area contributed by atoms with Crippen molar-refractivity contribution in [2.75, 3.05) is 24.4 Å². The summed E-state index contributed by atoms with van der Waals surface area (Å²) >= 11 is 24.5. The first-order chi connectivity index (χ1) is 25.3. The average molecular weight is 813 g/mol. The van der Waals surface area contributed by atoms with E-state index in [4.69, 9.17) is 60.6 Å². The lowest BCUT2D eigenvalue weighted by Gasteiger charge is -2.17. The molecule has 0 spiro atoms. The van der Waals surface area contributed by atoms with E-state index in [9.17, 15) is 18.4 Å². The van der Waals surface area contributed by atoms with Crippen LogP contribution in [0.3, 0.4) is 0 Å². The molecule has 2 heterocycles. The summed E-state index contributed by atoms with van der Waals surface area (Å²) in [5.41, 5.74) is 2.14. The number of halogens is 6. The summed E-state index contributed by atoms with van der Waals surface area (Å²) in [6.07, 6.45) is 9.43. The van der Waals surface area contributed by atoms with Gasteiger partial charge in [0.15, 0.2) is 23.0 Å².